The molecule has 9 aromatic rings. The molecule has 0 fully saturated rings. The van der Waals surface area contributed by atoms with E-state index in [2.05, 4.69) is 173 Å². The molecule has 206 valence electrons. The number of aromatic nitrogens is 3. The van der Waals surface area contributed by atoms with Crippen LogP contribution in [-0.2, 0) is 0 Å². The van der Waals surface area contributed by atoms with Gasteiger partial charge >= 0.3 is 0 Å². The van der Waals surface area contributed by atoms with Crippen LogP contribution >= 0.6 is 0 Å². The van der Waals surface area contributed by atoms with Crippen molar-refractivity contribution in [1.29, 1.82) is 0 Å². The van der Waals surface area contributed by atoms with E-state index in [1.165, 1.54) is 22.3 Å². The minimum Gasteiger partial charge on any atom is -0.308 e. The summed E-state index contributed by atoms with van der Waals surface area (Å²) in [4.78, 5) is 5.41. The van der Waals surface area contributed by atoms with E-state index in [4.69, 9.17) is 4.98 Å². The van der Waals surface area contributed by atoms with Gasteiger partial charge in [-0.3, -0.25) is 0 Å². The SMILES string of the molecule is c1ccc(-c2ccc(-n3c4ccccc4c4nc5c6ccccc6n(-c6ccc(-c7ccccc7)cc6)c5cc43)cc2)cc1. The van der Waals surface area contributed by atoms with Crippen LogP contribution in [-0.4, -0.2) is 14.1 Å². The third kappa shape index (κ3) is 3.80. The van der Waals surface area contributed by atoms with E-state index in [0.29, 0.717) is 0 Å². The van der Waals surface area contributed by atoms with Crippen molar-refractivity contribution in [3.05, 3.63) is 164 Å². The van der Waals surface area contributed by atoms with Crippen molar-refractivity contribution in [2.24, 2.45) is 0 Å². The zero-order chi connectivity index (χ0) is 29.0. The first kappa shape index (κ1) is 24.6. The second-order valence-electron chi connectivity index (χ2n) is 11.3. The van der Waals surface area contributed by atoms with E-state index in [9.17, 15) is 0 Å². The normalized spacial score (nSPS) is 11.6. The predicted octanol–water partition coefficient (Wildman–Crippen LogP) is 10.6. The van der Waals surface area contributed by atoms with Gasteiger partial charge in [0.2, 0.25) is 0 Å². The van der Waals surface area contributed by atoms with Gasteiger partial charge in [0.05, 0.1) is 33.1 Å². The zero-order valence-corrected chi connectivity index (χ0v) is 23.9. The maximum absolute atomic E-state index is 5.41. The number of nitrogens with zero attached hydrogens (tertiary/aromatic N) is 3. The van der Waals surface area contributed by atoms with Gasteiger partial charge in [-0.05, 0) is 64.7 Å². The Morgan fingerprint density at radius 1 is 0.318 bits per heavy atom. The molecule has 0 unspecified atom stereocenters. The minimum absolute atomic E-state index is 1.02. The van der Waals surface area contributed by atoms with Gasteiger partial charge in [0, 0.05) is 22.1 Å². The molecule has 0 spiro atoms. The monoisotopic (exact) mass is 561 g/mol. The number of para-hydroxylation sites is 2. The van der Waals surface area contributed by atoms with E-state index >= 15 is 0 Å². The predicted molar refractivity (Wildman–Crippen MR) is 184 cm³/mol. The highest BCUT2D eigenvalue weighted by atomic mass is 15.0. The Kier molecular flexibility index (Phi) is 5.50. The Bertz CT molecular complexity index is 2280. The molecule has 0 atom stereocenters. The second-order valence-corrected chi connectivity index (χ2v) is 11.3. The standard InChI is InChI=1S/C41H27N3/c1-3-11-28(12-4-1)30-19-23-32(24-20-30)43-36-17-9-7-15-34(36)40-38(43)27-39-41(42-40)35-16-8-10-18-37(35)44(39)33-25-21-31(22-26-33)29-13-5-2-6-14-29/h1-27H. The number of hydrogen-bond acceptors (Lipinski definition) is 1. The summed E-state index contributed by atoms with van der Waals surface area (Å²) in [6, 6.07) is 58.3. The zero-order valence-electron chi connectivity index (χ0n) is 23.9. The molecule has 44 heavy (non-hydrogen) atoms. The minimum atomic E-state index is 1.02. The molecule has 0 N–H and O–H groups in total. The molecule has 6 aromatic carbocycles. The summed E-state index contributed by atoms with van der Waals surface area (Å²) >= 11 is 0. The summed E-state index contributed by atoms with van der Waals surface area (Å²) < 4.78 is 4.71. The number of benzene rings is 6. The van der Waals surface area contributed by atoms with Crippen molar-refractivity contribution in [3.8, 4) is 33.6 Å². The van der Waals surface area contributed by atoms with Gasteiger partial charge < -0.3 is 9.13 Å². The molecule has 0 saturated carbocycles. The Balaban J connectivity index is 1.29. The summed E-state index contributed by atoms with van der Waals surface area (Å²) in [5.41, 5.74) is 13.6. The van der Waals surface area contributed by atoms with Gasteiger partial charge in [0.25, 0.3) is 0 Å². The molecule has 0 aliphatic carbocycles. The first-order valence-electron chi connectivity index (χ1n) is 15.0. The quantitative estimate of drug-likeness (QED) is 0.210. The lowest BCUT2D eigenvalue weighted by Crippen LogP contribution is -1.96. The lowest BCUT2D eigenvalue weighted by molar-refractivity contribution is 1.16. The molecule has 3 heteroatoms. The van der Waals surface area contributed by atoms with E-state index < -0.39 is 0 Å². The van der Waals surface area contributed by atoms with E-state index in [0.717, 1.165) is 55.2 Å². The highest BCUT2D eigenvalue weighted by molar-refractivity contribution is 6.15. The molecule has 3 aromatic heterocycles. The van der Waals surface area contributed by atoms with Gasteiger partial charge in [-0.1, -0.05) is 121 Å². The fourth-order valence-corrected chi connectivity index (χ4v) is 6.65. The lowest BCUT2D eigenvalue weighted by Gasteiger charge is -2.11. The van der Waals surface area contributed by atoms with Gasteiger partial charge in [0.1, 0.15) is 0 Å². The molecular weight excluding hydrogens is 534 g/mol. The maximum atomic E-state index is 5.41. The topological polar surface area (TPSA) is 22.8 Å². The van der Waals surface area contributed by atoms with Crippen LogP contribution in [0.4, 0.5) is 0 Å². The van der Waals surface area contributed by atoms with Gasteiger partial charge in [-0.25, -0.2) is 4.98 Å². The van der Waals surface area contributed by atoms with Crippen LogP contribution < -0.4 is 0 Å². The molecule has 0 aliphatic heterocycles. The third-order valence-electron chi connectivity index (χ3n) is 8.73. The largest absolute Gasteiger partial charge is 0.308 e. The summed E-state index contributed by atoms with van der Waals surface area (Å²) in [6.45, 7) is 0. The highest BCUT2D eigenvalue weighted by Crippen LogP contribution is 2.38. The molecule has 3 heterocycles. The van der Waals surface area contributed by atoms with Crippen molar-refractivity contribution >= 4 is 43.9 Å². The number of hydrogen-bond donors (Lipinski definition) is 0. The van der Waals surface area contributed by atoms with Crippen molar-refractivity contribution in [2.75, 3.05) is 0 Å². The molecule has 0 bridgehead atoms. The van der Waals surface area contributed by atoms with Crippen LogP contribution in [0.5, 0.6) is 0 Å². The lowest BCUT2D eigenvalue weighted by atomic mass is 10.1. The van der Waals surface area contributed by atoms with Crippen LogP contribution in [0, 0.1) is 0 Å². The molecule has 0 aliphatic rings. The highest BCUT2D eigenvalue weighted by Gasteiger charge is 2.19. The third-order valence-corrected chi connectivity index (χ3v) is 8.73. The summed E-state index contributed by atoms with van der Waals surface area (Å²) in [5, 5.41) is 2.31. The van der Waals surface area contributed by atoms with Gasteiger partial charge in [-0.15, -0.1) is 0 Å². The van der Waals surface area contributed by atoms with Crippen LogP contribution in [0.25, 0.3) is 77.5 Å². The number of rotatable bonds is 4. The Morgan fingerprint density at radius 3 is 1.11 bits per heavy atom. The van der Waals surface area contributed by atoms with Gasteiger partial charge in [-0.2, -0.15) is 0 Å². The molecule has 9 rings (SSSR count). The fourth-order valence-electron chi connectivity index (χ4n) is 6.65. The van der Waals surface area contributed by atoms with Crippen LogP contribution in [0.3, 0.4) is 0 Å². The maximum Gasteiger partial charge on any atom is 0.0972 e. The average Bonchev–Trinajstić information content (AvgIpc) is 3.60. The Labute approximate surface area is 254 Å². The van der Waals surface area contributed by atoms with Crippen molar-refractivity contribution in [2.45, 2.75) is 0 Å². The molecule has 0 radical (unpaired) electrons. The molecule has 0 amide bonds. The van der Waals surface area contributed by atoms with E-state index in [1.54, 1.807) is 0 Å². The van der Waals surface area contributed by atoms with Gasteiger partial charge in [0.15, 0.2) is 0 Å². The van der Waals surface area contributed by atoms with E-state index in [1.807, 2.05) is 0 Å². The smallest absolute Gasteiger partial charge is 0.0972 e. The summed E-state index contributed by atoms with van der Waals surface area (Å²) in [5.74, 6) is 0. The van der Waals surface area contributed by atoms with E-state index in [-0.39, 0.29) is 0 Å². The summed E-state index contributed by atoms with van der Waals surface area (Å²) in [7, 11) is 0. The van der Waals surface area contributed by atoms with Crippen LogP contribution in [0.1, 0.15) is 0 Å². The molecular formula is C41H27N3. The molecule has 0 saturated heterocycles. The first-order valence-corrected chi connectivity index (χ1v) is 15.0. The van der Waals surface area contributed by atoms with Crippen molar-refractivity contribution in [1.82, 2.24) is 14.1 Å². The first-order chi connectivity index (χ1) is 21.8. The van der Waals surface area contributed by atoms with Crippen molar-refractivity contribution in [3.63, 3.8) is 0 Å². The van der Waals surface area contributed by atoms with Crippen LogP contribution in [0.15, 0.2) is 164 Å². The second kappa shape index (κ2) is 9.82. The number of pyridine rings is 1. The van der Waals surface area contributed by atoms with Crippen molar-refractivity contribution < 1.29 is 0 Å². The number of fused-ring (bicyclic) bond motifs is 6. The Hall–Kier alpha value is -5.93. The van der Waals surface area contributed by atoms with Crippen LogP contribution in [0.2, 0.25) is 0 Å². The summed E-state index contributed by atoms with van der Waals surface area (Å²) in [6.07, 6.45) is 0. The molecule has 3 nitrogen and oxygen atoms in total. The fraction of sp³-hybridized carbons (Fsp3) is 0. The average molecular weight is 562 g/mol. The Morgan fingerprint density at radius 2 is 0.682 bits per heavy atom.